The Morgan fingerprint density at radius 2 is 0.625 bits per heavy atom. The molecule has 2 fully saturated rings. The first-order valence-electron chi connectivity index (χ1n) is 6.63. The van der Waals surface area contributed by atoms with Crippen LogP contribution in [0.15, 0.2) is 0 Å². The van der Waals surface area contributed by atoms with Crippen LogP contribution in [0.3, 0.4) is 0 Å². The van der Waals surface area contributed by atoms with E-state index in [9.17, 15) is 0 Å². The fraction of sp³-hybridized carbons (Fsp3) is 1.00. The highest BCUT2D eigenvalue weighted by molar-refractivity contribution is 4.80. The Kier molecular flexibility index (Phi) is 6.28. The third-order valence-electron chi connectivity index (χ3n) is 3.75. The van der Waals surface area contributed by atoms with Crippen molar-refractivity contribution in [1.29, 1.82) is 0 Å². The van der Waals surface area contributed by atoms with Gasteiger partial charge in [0.05, 0.1) is 0 Å². The lowest BCUT2D eigenvalue weighted by Crippen LogP contribution is -2.43. The second-order valence-corrected chi connectivity index (χ2v) is 5.22. The van der Waals surface area contributed by atoms with Crippen molar-refractivity contribution in [2.24, 2.45) is 22.9 Å². The molecule has 0 aromatic heterocycles. The largest absolute Gasteiger partial charge is 0.326 e. The monoisotopic (exact) mass is 228 g/mol. The first-order valence-corrected chi connectivity index (χ1v) is 6.63. The summed E-state index contributed by atoms with van der Waals surface area (Å²) in [5.41, 5.74) is 22.6. The molecular weight excluding hydrogens is 200 g/mol. The molecule has 0 bridgehead atoms. The predicted octanol–water partition coefficient (Wildman–Crippen LogP) is 0.430. The second kappa shape index (κ2) is 7.22. The van der Waals surface area contributed by atoms with E-state index in [0.717, 1.165) is 25.7 Å². The maximum absolute atomic E-state index is 5.65. The van der Waals surface area contributed by atoms with Crippen LogP contribution in [0.4, 0.5) is 0 Å². The normalized spacial score (nSPS) is 39.8. The van der Waals surface area contributed by atoms with Gasteiger partial charge in [-0.1, -0.05) is 25.7 Å². The SMILES string of the molecule is N[C@@H]1CCCC[C@@H]1N.N[C@@H]1CCCC[C@H]1N. The highest BCUT2D eigenvalue weighted by atomic mass is 14.8. The lowest BCUT2D eigenvalue weighted by atomic mass is 9.92. The van der Waals surface area contributed by atoms with Gasteiger partial charge >= 0.3 is 0 Å². The Balaban J connectivity index is 0.000000160. The van der Waals surface area contributed by atoms with E-state index in [-0.39, 0.29) is 24.2 Å². The molecule has 0 amide bonds. The molecule has 0 spiro atoms. The van der Waals surface area contributed by atoms with Gasteiger partial charge < -0.3 is 22.9 Å². The lowest BCUT2D eigenvalue weighted by molar-refractivity contribution is 0.385. The van der Waals surface area contributed by atoms with E-state index < -0.39 is 0 Å². The topological polar surface area (TPSA) is 104 Å². The summed E-state index contributed by atoms with van der Waals surface area (Å²) in [5.74, 6) is 0. The van der Waals surface area contributed by atoms with Crippen molar-refractivity contribution in [2.75, 3.05) is 0 Å². The smallest absolute Gasteiger partial charge is 0.0192 e. The van der Waals surface area contributed by atoms with E-state index in [1.165, 1.54) is 25.7 Å². The summed E-state index contributed by atoms with van der Waals surface area (Å²) >= 11 is 0. The molecule has 2 rings (SSSR count). The van der Waals surface area contributed by atoms with E-state index in [0.29, 0.717) is 0 Å². The van der Waals surface area contributed by atoms with Crippen molar-refractivity contribution < 1.29 is 0 Å². The summed E-state index contributed by atoms with van der Waals surface area (Å²) in [6, 6.07) is 1.12. The zero-order valence-corrected chi connectivity index (χ0v) is 10.3. The van der Waals surface area contributed by atoms with E-state index in [1.54, 1.807) is 0 Å². The maximum atomic E-state index is 5.65. The minimum absolute atomic E-state index is 0.281. The predicted molar refractivity (Wildman–Crippen MR) is 68.8 cm³/mol. The van der Waals surface area contributed by atoms with E-state index in [4.69, 9.17) is 22.9 Å². The van der Waals surface area contributed by atoms with Gasteiger partial charge in [-0.2, -0.15) is 0 Å². The Labute approximate surface area is 99.1 Å². The van der Waals surface area contributed by atoms with Crippen molar-refractivity contribution in [3.8, 4) is 0 Å². The molecule has 2 saturated carbocycles. The zero-order valence-electron chi connectivity index (χ0n) is 10.3. The van der Waals surface area contributed by atoms with Gasteiger partial charge in [0.2, 0.25) is 0 Å². The van der Waals surface area contributed by atoms with Crippen molar-refractivity contribution in [1.82, 2.24) is 0 Å². The molecule has 0 heterocycles. The summed E-state index contributed by atoms with van der Waals surface area (Å²) in [6.07, 6.45) is 9.60. The van der Waals surface area contributed by atoms with Crippen LogP contribution in [0, 0.1) is 0 Å². The Morgan fingerprint density at radius 1 is 0.438 bits per heavy atom. The van der Waals surface area contributed by atoms with Gasteiger partial charge in [0.25, 0.3) is 0 Å². The van der Waals surface area contributed by atoms with Crippen LogP contribution in [0.25, 0.3) is 0 Å². The molecule has 0 aliphatic heterocycles. The quantitative estimate of drug-likeness (QED) is 0.482. The zero-order chi connectivity index (χ0) is 12.0. The molecule has 2 aliphatic carbocycles. The van der Waals surface area contributed by atoms with Crippen molar-refractivity contribution in [3.05, 3.63) is 0 Å². The van der Waals surface area contributed by atoms with Gasteiger partial charge in [0.15, 0.2) is 0 Å². The summed E-state index contributed by atoms with van der Waals surface area (Å²) in [4.78, 5) is 0. The molecule has 0 saturated heterocycles. The van der Waals surface area contributed by atoms with Gasteiger partial charge in [-0.3, -0.25) is 0 Å². The molecule has 2 aliphatic rings. The molecule has 0 aromatic rings. The molecule has 16 heavy (non-hydrogen) atoms. The molecule has 4 nitrogen and oxygen atoms in total. The van der Waals surface area contributed by atoms with Gasteiger partial charge in [-0.05, 0) is 25.7 Å². The molecule has 96 valence electrons. The minimum Gasteiger partial charge on any atom is -0.326 e. The molecule has 4 atom stereocenters. The third kappa shape index (κ3) is 4.78. The molecule has 0 aromatic carbocycles. The third-order valence-corrected chi connectivity index (χ3v) is 3.75. The number of hydrogen-bond donors (Lipinski definition) is 4. The molecule has 0 unspecified atom stereocenters. The van der Waals surface area contributed by atoms with Crippen LogP contribution < -0.4 is 22.9 Å². The van der Waals surface area contributed by atoms with Crippen LogP contribution in [-0.2, 0) is 0 Å². The van der Waals surface area contributed by atoms with Crippen molar-refractivity contribution in [2.45, 2.75) is 75.5 Å². The highest BCUT2D eigenvalue weighted by Gasteiger charge is 2.17. The van der Waals surface area contributed by atoms with Gasteiger partial charge in [0, 0.05) is 24.2 Å². The van der Waals surface area contributed by atoms with Crippen LogP contribution >= 0.6 is 0 Å². The van der Waals surface area contributed by atoms with Crippen LogP contribution in [0.5, 0.6) is 0 Å². The number of rotatable bonds is 0. The summed E-state index contributed by atoms with van der Waals surface area (Å²) in [6.45, 7) is 0. The summed E-state index contributed by atoms with van der Waals surface area (Å²) < 4.78 is 0. The molecule has 8 N–H and O–H groups in total. The van der Waals surface area contributed by atoms with E-state index >= 15 is 0 Å². The standard InChI is InChI=1S/2C6H14N2/c2*7-5-3-1-2-4-6(5)8/h2*5-6H,1-4,7-8H2/t5-,6+;5-,6-/m.1/s1. The van der Waals surface area contributed by atoms with Gasteiger partial charge in [0.1, 0.15) is 0 Å². The first kappa shape index (κ1) is 13.9. The molecule has 0 radical (unpaired) electrons. The maximum Gasteiger partial charge on any atom is 0.0192 e. The summed E-state index contributed by atoms with van der Waals surface area (Å²) in [7, 11) is 0. The van der Waals surface area contributed by atoms with Crippen LogP contribution in [0.2, 0.25) is 0 Å². The fourth-order valence-corrected chi connectivity index (χ4v) is 2.38. The first-order chi connectivity index (χ1) is 7.61. The average Bonchev–Trinajstić information content (AvgIpc) is 2.28. The second-order valence-electron chi connectivity index (χ2n) is 5.22. The van der Waals surface area contributed by atoms with Gasteiger partial charge in [-0.15, -0.1) is 0 Å². The van der Waals surface area contributed by atoms with Crippen molar-refractivity contribution in [3.63, 3.8) is 0 Å². The average molecular weight is 228 g/mol. The van der Waals surface area contributed by atoms with E-state index in [2.05, 4.69) is 0 Å². The Bertz CT molecular complexity index is 146. The highest BCUT2D eigenvalue weighted by Crippen LogP contribution is 2.14. The van der Waals surface area contributed by atoms with Crippen LogP contribution in [-0.4, -0.2) is 24.2 Å². The Morgan fingerprint density at radius 3 is 0.750 bits per heavy atom. The minimum atomic E-state index is 0.281. The number of hydrogen-bond acceptors (Lipinski definition) is 4. The van der Waals surface area contributed by atoms with Crippen molar-refractivity contribution >= 4 is 0 Å². The van der Waals surface area contributed by atoms with E-state index in [1.807, 2.05) is 0 Å². The number of nitrogens with two attached hydrogens (primary N) is 4. The lowest BCUT2D eigenvalue weighted by Gasteiger charge is -2.24. The van der Waals surface area contributed by atoms with Crippen LogP contribution in [0.1, 0.15) is 51.4 Å². The van der Waals surface area contributed by atoms with Gasteiger partial charge in [-0.25, -0.2) is 0 Å². The summed E-state index contributed by atoms with van der Waals surface area (Å²) in [5, 5.41) is 0. The molecule has 4 heteroatoms. The molecular formula is C12H28N4. The fourth-order valence-electron chi connectivity index (χ4n) is 2.38. The Hall–Kier alpha value is -0.160.